The van der Waals surface area contributed by atoms with Gasteiger partial charge in [-0.1, -0.05) is 269 Å². The third kappa shape index (κ3) is 48.7. The van der Waals surface area contributed by atoms with Gasteiger partial charge in [0.25, 0.3) is 0 Å². The van der Waals surface area contributed by atoms with Gasteiger partial charge in [-0.15, -0.1) is 0 Å². The standard InChI is InChI=1S/C56H102O6/c1-4-7-10-13-16-19-21-23-25-27-28-29-31-32-34-37-40-43-46-49-55(58)61-52-53(51-60-54(57)48-45-42-39-36-18-15-12-9-6-3)62-56(59)50-47-44-41-38-35-33-30-26-24-22-20-17-14-11-8-5-2/h9,12,18,36,42,45,53H,4-8,10-11,13-17,19-35,37-41,43-44,46-52H2,1-3H3/b12-9-,36-18-,45-42-. The number of carbonyl (C=O) groups excluding carboxylic acids is 3. The third-order valence-corrected chi connectivity index (χ3v) is 11.9. The number of allylic oxidation sites excluding steroid dienone is 5. The highest BCUT2D eigenvalue weighted by molar-refractivity contribution is 5.72. The van der Waals surface area contributed by atoms with E-state index in [0.29, 0.717) is 12.8 Å². The highest BCUT2D eigenvalue weighted by Crippen LogP contribution is 2.17. The van der Waals surface area contributed by atoms with Gasteiger partial charge in [0.15, 0.2) is 6.10 Å². The molecule has 6 heteroatoms. The maximum absolute atomic E-state index is 12.8. The van der Waals surface area contributed by atoms with Crippen LogP contribution in [-0.4, -0.2) is 37.2 Å². The van der Waals surface area contributed by atoms with E-state index in [0.717, 1.165) is 57.8 Å². The summed E-state index contributed by atoms with van der Waals surface area (Å²) in [6.07, 6.45) is 60.3. The van der Waals surface area contributed by atoms with E-state index < -0.39 is 12.1 Å². The van der Waals surface area contributed by atoms with Crippen LogP contribution in [0, 0.1) is 0 Å². The van der Waals surface area contributed by atoms with E-state index in [-0.39, 0.29) is 31.6 Å². The van der Waals surface area contributed by atoms with Gasteiger partial charge < -0.3 is 14.2 Å². The molecule has 1 atom stereocenters. The fraction of sp³-hybridized carbons (Fsp3) is 0.839. The molecule has 0 rings (SSSR count). The second kappa shape index (κ2) is 51.3. The minimum absolute atomic E-state index is 0.0942. The van der Waals surface area contributed by atoms with Crippen LogP contribution in [0.4, 0.5) is 0 Å². The lowest BCUT2D eigenvalue weighted by molar-refractivity contribution is -0.166. The van der Waals surface area contributed by atoms with Crippen LogP contribution >= 0.6 is 0 Å². The molecule has 362 valence electrons. The second-order valence-corrected chi connectivity index (χ2v) is 18.1. The van der Waals surface area contributed by atoms with Crippen molar-refractivity contribution < 1.29 is 28.6 Å². The van der Waals surface area contributed by atoms with Crippen molar-refractivity contribution >= 4 is 17.9 Å². The molecular formula is C56H102O6. The first kappa shape index (κ1) is 59.6. The minimum atomic E-state index is -0.801. The first-order valence-electron chi connectivity index (χ1n) is 27.0. The zero-order valence-corrected chi connectivity index (χ0v) is 41.4. The Morgan fingerprint density at radius 2 is 0.629 bits per heavy atom. The Bertz CT molecular complexity index is 1050. The molecule has 0 aliphatic rings. The number of ether oxygens (including phenoxy) is 3. The first-order chi connectivity index (χ1) is 30.5. The van der Waals surface area contributed by atoms with E-state index >= 15 is 0 Å². The average Bonchev–Trinajstić information content (AvgIpc) is 3.27. The Balaban J connectivity index is 4.27. The average molecular weight is 871 g/mol. The van der Waals surface area contributed by atoms with Crippen LogP contribution in [0.5, 0.6) is 0 Å². The molecule has 62 heavy (non-hydrogen) atoms. The predicted molar refractivity (Wildman–Crippen MR) is 266 cm³/mol. The molecule has 0 fully saturated rings. The summed E-state index contributed by atoms with van der Waals surface area (Å²) in [5.41, 5.74) is 0. The zero-order chi connectivity index (χ0) is 45.1. The van der Waals surface area contributed by atoms with E-state index in [1.165, 1.54) is 186 Å². The Kier molecular flexibility index (Phi) is 49.3. The van der Waals surface area contributed by atoms with Crippen LogP contribution in [-0.2, 0) is 28.6 Å². The minimum Gasteiger partial charge on any atom is -0.462 e. The Labute approximate surface area is 385 Å². The molecule has 0 aromatic rings. The van der Waals surface area contributed by atoms with Crippen LogP contribution in [0.2, 0.25) is 0 Å². The molecule has 0 heterocycles. The van der Waals surface area contributed by atoms with Crippen molar-refractivity contribution in [2.24, 2.45) is 0 Å². The van der Waals surface area contributed by atoms with Gasteiger partial charge in [-0.2, -0.15) is 0 Å². The summed E-state index contributed by atoms with van der Waals surface area (Å²) >= 11 is 0. The molecule has 0 aromatic carbocycles. The van der Waals surface area contributed by atoms with Gasteiger partial charge in [0, 0.05) is 12.8 Å². The fourth-order valence-electron chi connectivity index (χ4n) is 7.92. The van der Waals surface area contributed by atoms with Crippen LogP contribution in [0.3, 0.4) is 0 Å². The first-order valence-corrected chi connectivity index (χ1v) is 27.0. The van der Waals surface area contributed by atoms with Crippen molar-refractivity contribution in [2.75, 3.05) is 13.2 Å². The van der Waals surface area contributed by atoms with Gasteiger partial charge in [-0.25, -0.2) is 0 Å². The molecule has 0 amide bonds. The normalized spacial score (nSPS) is 12.2. The summed E-state index contributed by atoms with van der Waals surface area (Å²) in [6.45, 7) is 6.46. The predicted octanol–water partition coefficient (Wildman–Crippen LogP) is 17.7. The lowest BCUT2D eigenvalue weighted by atomic mass is 10.0. The van der Waals surface area contributed by atoms with Crippen molar-refractivity contribution in [2.45, 2.75) is 290 Å². The summed E-state index contributed by atoms with van der Waals surface area (Å²) in [4.78, 5) is 37.9. The third-order valence-electron chi connectivity index (χ3n) is 11.9. The van der Waals surface area contributed by atoms with Crippen LogP contribution in [0.15, 0.2) is 36.5 Å². The summed E-state index contributed by atoms with van der Waals surface area (Å²) in [7, 11) is 0. The second-order valence-electron chi connectivity index (χ2n) is 18.1. The molecule has 0 N–H and O–H groups in total. The van der Waals surface area contributed by atoms with E-state index in [1.54, 1.807) is 6.08 Å². The number of carbonyl (C=O) groups is 3. The molecule has 0 bridgehead atoms. The smallest absolute Gasteiger partial charge is 0.309 e. The molecule has 0 radical (unpaired) electrons. The Morgan fingerprint density at radius 1 is 0.339 bits per heavy atom. The largest absolute Gasteiger partial charge is 0.462 e. The number of hydrogen-bond acceptors (Lipinski definition) is 6. The van der Waals surface area contributed by atoms with Gasteiger partial charge in [0.05, 0.1) is 6.42 Å². The van der Waals surface area contributed by atoms with E-state index in [2.05, 4.69) is 45.1 Å². The fourth-order valence-corrected chi connectivity index (χ4v) is 7.92. The summed E-state index contributed by atoms with van der Waals surface area (Å²) in [5.74, 6) is -1.01. The molecule has 0 aliphatic carbocycles. The number of hydrogen-bond donors (Lipinski definition) is 0. The molecule has 0 saturated heterocycles. The Hall–Kier alpha value is -2.37. The lowest BCUT2D eigenvalue weighted by Gasteiger charge is -2.18. The lowest BCUT2D eigenvalue weighted by Crippen LogP contribution is -2.30. The molecular weight excluding hydrogens is 769 g/mol. The van der Waals surface area contributed by atoms with Gasteiger partial charge >= 0.3 is 17.9 Å². The van der Waals surface area contributed by atoms with E-state index in [1.807, 2.05) is 6.08 Å². The zero-order valence-electron chi connectivity index (χ0n) is 41.4. The summed E-state index contributed by atoms with van der Waals surface area (Å²) in [6, 6.07) is 0. The van der Waals surface area contributed by atoms with Crippen molar-refractivity contribution in [3.05, 3.63) is 36.5 Å². The highest BCUT2D eigenvalue weighted by Gasteiger charge is 2.19. The molecule has 0 aliphatic heterocycles. The number of rotatable bonds is 49. The number of esters is 3. The monoisotopic (exact) mass is 871 g/mol. The topological polar surface area (TPSA) is 78.9 Å². The van der Waals surface area contributed by atoms with Crippen molar-refractivity contribution in [3.8, 4) is 0 Å². The maximum atomic E-state index is 12.8. The van der Waals surface area contributed by atoms with Crippen molar-refractivity contribution in [3.63, 3.8) is 0 Å². The SMILES string of the molecule is CC/C=C\C/C=C\C/C=C\CC(=O)OCC(COC(=O)CCCCCCCCCCCCCCCCCCCCC)OC(=O)CCCCCCCCCCCCCCCCCC. The van der Waals surface area contributed by atoms with Crippen LogP contribution in [0.25, 0.3) is 0 Å². The van der Waals surface area contributed by atoms with Gasteiger partial charge in [0.2, 0.25) is 0 Å². The van der Waals surface area contributed by atoms with Crippen molar-refractivity contribution in [1.82, 2.24) is 0 Å². The summed E-state index contributed by atoms with van der Waals surface area (Å²) in [5, 5.41) is 0. The molecule has 6 nitrogen and oxygen atoms in total. The molecule has 0 spiro atoms. The quantitative estimate of drug-likeness (QED) is 0.0262. The Morgan fingerprint density at radius 3 is 0.984 bits per heavy atom. The van der Waals surface area contributed by atoms with Crippen molar-refractivity contribution in [1.29, 1.82) is 0 Å². The van der Waals surface area contributed by atoms with E-state index in [9.17, 15) is 14.4 Å². The molecule has 0 aromatic heterocycles. The molecule has 1 unspecified atom stereocenters. The maximum Gasteiger partial charge on any atom is 0.309 e. The van der Waals surface area contributed by atoms with Gasteiger partial charge in [0.1, 0.15) is 13.2 Å². The van der Waals surface area contributed by atoms with E-state index in [4.69, 9.17) is 14.2 Å². The van der Waals surface area contributed by atoms with Crippen LogP contribution in [0.1, 0.15) is 284 Å². The number of unbranched alkanes of at least 4 members (excludes halogenated alkanes) is 33. The summed E-state index contributed by atoms with van der Waals surface area (Å²) < 4.78 is 16.7. The van der Waals surface area contributed by atoms with Gasteiger partial charge in [-0.3, -0.25) is 14.4 Å². The highest BCUT2D eigenvalue weighted by atomic mass is 16.6. The molecule has 0 saturated carbocycles. The van der Waals surface area contributed by atoms with Crippen LogP contribution < -0.4 is 0 Å². The van der Waals surface area contributed by atoms with Gasteiger partial charge in [-0.05, 0) is 32.1 Å².